The second kappa shape index (κ2) is 10.1. The molecule has 0 radical (unpaired) electrons. The third-order valence-electron chi connectivity index (χ3n) is 5.99. The molecule has 1 aliphatic carbocycles. The molecule has 0 bridgehead atoms. The summed E-state index contributed by atoms with van der Waals surface area (Å²) in [5.74, 6) is -0.334. The van der Waals surface area contributed by atoms with Crippen molar-refractivity contribution >= 4 is 27.5 Å². The predicted octanol–water partition coefficient (Wildman–Crippen LogP) is 5.03. The highest BCUT2D eigenvalue weighted by atomic mass is 35.5. The highest BCUT2D eigenvalue weighted by molar-refractivity contribution is 7.89. The number of rotatable bonds is 7. The molecule has 33 heavy (non-hydrogen) atoms. The van der Waals surface area contributed by atoms with Crippen molar-refractivity contribution < 1.29 is 13.2 Å². The zero-order chi connectivity index (χ0) is 23.4. The van der Waals surface area contributed by atoms with Crippen LogP contribution >= 0.6 is 11.6 Å². The number of hydrogen-bond acceptors (Lipinski definition) is 3. The van der Waals surface area contributed by atoms with Crippen LogP contribution in [0.3, 0.4) is 0 Å². The van der Waals surface area contributed by atoms with E-state index in [2.05, 4.69) is 11.4 Å². The third kappa shape index (κ3) is 5.46. The van der Waals surface area contributed by atoms with Crippen molar-refractivity contribution in [2.24, 2.45) is 0 Å². The number of hydrogen-bond donors (Lipinski definition) is 1. The normalized spacial score (nSPS) is 15.8. The molecule has 3 aromatic rings. The van der Waals surface area contributed by atoms with Crippen molar-refractivity contribution in [3.63, 3.8) is 0 Å². The Hall–Kier alpha value is -2.67. The van der Waals surface area contributed by atoms with Gasteiger partial charge in [-0.1, -0.05) is 71.8 Å². The quantitative estimate of drug-likeness (QED) is 0.513. The summed E-state index contributed by atoms with van der Waals surface area (Å²) < 4.78 is 28.2. The first kappa shape index (κ1) is 23.5. The SMILES string of the molecule is Cc1ccc(S(=O)(=O)N(CC(=O)NC2CCCc3ccccc32)Cc2ccccc2Cl)cc1. The molecule has 0 saturated heterocycles. The zero-order valence-electron chi connectivity index (χ0n) is 18.5. The van der Waals surface area contributed by atoms with Gasteiger partial charge in [0.1, 0.15) is 0 Å². The Morgan fingerprint density at radius 2 is 1.73 bits per heavy atom. The van der Waals surface area contributed by atoms with E-state index in [0.717, 1.165) is 30.4 Å². The summed E-state index contributed by atoms with van der Waals surface area (Å²) in [7, 11) is -3.92. The lowest BCUT2D eigenvalue weighted by molar-refractivity contribution is -0.122. The Labute approximate surface area is 200 Å². The fourth-order valence-electron chi connectivity index (χ4n) is 4.21. The van der Waals surface area contributed by atoms with Crippen molar-refractivity contribution in [2.75, 3.05) is 6.54 Å². The van der Waals surface area contributed by atoms with Gasteiger partial charge in [-0.3, -0.25) is 4.79 Å². The molecule has 1 amide bonds. The summed E-state index contributed by atoms with van der Waals surface area (Å²) in [6, 6.07) is 21.7. The first-order valence-electron chi connectivity index (χ1n) is 11.0. The molecule has 0 saturated carbocycles. The van der Waals surface area contributed by atoms with Crippen LogP contribution in [-0.4, -0.2) is 25.2 Å². The molecule has 0 fully saturated rings. The Kier molecular flexibility index (Phi) is 7.17. The topological polar surface area (TPSA) is 66.5 Å². The van der Waals surface area contributed by atoms with Crippen LogP contribution in [0.4, 0.5) is 0 Å². The predicted molar refractivity (Wildman–Crippen MR) is 130 cm³/mol. The van der Waals surface area contributed by atoms with E-state index in [1.54, 1.807) is 48.5 Å². The van der Waals surface area contributed by atoms with Gasteiger partial charge in [0, 0.05) is 11.6 Å². The lowest BCUT2D eigenvalue weighted by atomic mass is 9.88. The van der Waals surface area contributed by atoms with Gasteiger partial charge in [-0.25, -0.2) is 8.42 Å². The van der Waals surface area contributed by atoms with Crippen LogP contribution in [0.25, 0.3) is 0 Å². The van der Waals surface area contributed by atoms with E-state index in [-0.39, 0.29) is 29.9 Å². The van der Waals surface area contributed by atoms with Gasteiger partial charge in [-0.05, 0) is 61.1 Å². The Morgan fingerprint density at radius 3 is 2.48 bits per heavy atom. The number of fused-ring (bicyclic) bond motifs is 1. The smallest absolute Gasteiger partial charge is 0.243 e. The maximum Gasteiger partial charge on any atom is 0.243 e. The van der Waals surface area contributed by atoms with Crippen LogP contribution in [0.2, 0.25) is 5.02 Å². The largest absolute Gasteiger partial charge is 0.348 e. The Balaban J connectivity index is 1.59. The molecule has 0 aromatic heterocycles. The Bertz CT molecular complexity index is 1240. The monoisotopic (exact) mass is 482 g/mol. The lowest BCUT2D eigenvalue weighted by Gasteiger charge is -2.28. The minimum atomic E-state index is -3.92. The summed E-state index contributed by atoms with van der Waals surface area (Å²) in [5.41, 5.74) is 3.94. The maximum atomic E-state index is 13.5. The number of amides is 1. The molecule has 1 aliphatic rings. The summed E-state index contributed by atoms with van der Waals surface area (Å²) in [4.78, 5) is 13.2. The van der Waals surface area contributed by atoms with Gasteiger partial charge in [0.2, 0.25) is 15.9 Å². The van der Waals surface area contributed by atoms with Gasteiger partial charge < -0.3 is 5.32 Å². The van der Waals surface area contributed by atoms with Crippen LogP contribution in [0.5, 0.6) is 0 Å². The fraction of sp³-hybridized carbons (Fsp3) is 0.269. The van der Waals surface area contributed by atoms with Crippen LogP contribution in [0, 0.1) is 6.92 Å². The van der Waals surface area contributed by atoms with Crippen LogP contribution in [-0.2, 0) is 27.8 Å². The molecule has 5 nitrogen and oxygen atoms in total. The van der Waals surface area contributed by atoms with Crippen molar-refractivity contribution in [3.05, 3.63) is 100 Å². The van der Waals surface area contributed by atoms with Gasteiger partial charge >= 0.3 is 0 Å². The summed E-state index contributed by atoms with van der Waals surface area (Å²) >= 11 is 6.31. The molecule has 1 atom stereocenters. The van der Waals surface area contributed by atoms with E-state index in [0.29, 0.717) is 10.6 Å². The maximum absolute atomic E-state index is 13.5. The third-order valence-corrected chi connectivity index (χ3v) is 8.16. The van der Waals surface area contributed by atoms with Crippen molar-refractivity contribution in [3.8, 4) is 0 Å². The van der Waals surface area contributed by atoms with Gasteiger partial charge in [-0.2, -0.15) is 4.31 Å². The van der Waals surface area contributed by atoms with Gasteiger partial charge in [0.05, 0.1) is 17.5 Å². The average molecular weight is 483 g/mol. The summed E-state index contributed by atoms with van der Waals surface area (Å²) in [5, 5.41) is 3.52. The molecule has 0 heterocycles. The number of carbonyl (C=O) groups is 1. The second-order valence-electron chi connectivity index (χ2n) is 8.39. The fourth-order valence-corrected chi connectivity index (χ4v) is 5.78. The van der Waals surface area contributed by atoms with E-state index in [9.17, 15) is 13.2 Å². The molecular formula is C26H27ClN2O3S. The molecule has 7 heteroatoms. The number of benzene rings is 3. The second-order valence-corrected chi connectivity index (χ2v) is 10.7. The van der Waals surface area contributed by atoms with E-state index < -0.39 is 10.0 Å². The first-order valence-corrected chi connectivity index (χ1v) is 12.8. The zero-order valence-corrected chi connectivity index (χ0v) is 20.1. The lowest BCUT2D eigenvalue weighted by Crippen LogP contribution is -2.42. The number of halogens is 1. The van der Waals surface area contributed by atoms with Crippen LogP contribution < -0.4 is 5.32 Å². The van der Waals surface area contributed by atoms with Gasteiger partial charge in [0.15, 0.2) is 0 Å². The molecule has 1 N–H and O–H groups in total. The summed E-state index contributed by atoms with van der Waals surface area (Å²) in [6.45, 7) is 1.61. The number of carbonyl (C=O) groups excluding carboxylic acids is 1. The molecule has 1 unspecified atom stereocenters. The van der Waals surface area contributed by atoms with E-state index in [1.807, 2.05) is 25.1 Å². The molecule has 3 aromatic carbocycles. The highest BCUT2D eigenvalue weighted by Crippen LogP contribution is 2.29. The van der Waals surface area contributed by atoms with Crippen LogP contribution in [0.15, 0.2) is 77.7 Å². The minimum Gasteiger partial charge on any atom is -0.348 e. The first-order chi connectivity index (χ1) is 15.8. The number of sulfonamides is 1. The van der Waals surface area contributed by atoms with Gasteiger partial charge in [0.25, 0.3) is 0 Å². The van der Waals surface area contributed by atoms with E-state index in [4.69, 9.17) is 11.6 Å². The summed E-state index contributed by atoms with van der Waals surface area (Å²) in [6.07, 6.45) is 2.80. The molecule has 4 rings (SSSR count). The minimum absolute atomic E-state index is 0.00452. The number of aryl methyl sites for hydroxylation is 2. The molecule has 0 aliphatic heterocycles. The standard InChI is InChI=1S/C26H27ClN2O3S/c1-19-13-15-22(16-14-19)33(31,32)29(17-21-8-3-5-11-24(21)27)18-26(30)28-25-12-6-9-20-7-2-4-10-23(20)25/h2-5,7-8,10-11,13-16,25H,6,9,12,17-18H2,1H3,(H,28,30). The van der Waals surface area contributed by atoms with E-state index in [1.165, 1.54) is 9.87 Å². The number of nitrogens with zero attached hydrogens (tertiary/aromatic N) is 1. The van der Waals surface area contributed by atoms with Crippen molar-refractivity contribution in [1.82, 2.24) is 9.62 Å². The van der Waals surface area contributed by atoms with Gasteiger partial charge in [-0.15, -0.1) is 0 Å². The van der Waals surface area contributed by atoms with Crippen molar-refractivity contribution in [2.45, 2.75) is 43.7 Å². The number of nitrogens with one attached hydrogen (secondary N) is 1. The molecule has 172 valence electrons. The molecule has 0 spiro atoms. The molecular weight excluding hydrogens is 456 g/mol. The van der Waals surface area contributed by atoms with Crippen LogP contribution in [0.1, 0.15) is 41.1 Å². The Morgan fingerprint density at radius 1 is 1.03 bits per heavy atom. The van der Waals surface area contributed by atoms with Crippen molar-refractivity contribution in [1.29, 1.82) is 0 Å². The van der Waals surface area contributed by atoms with E-state index >= 15 is 0 Å². The average Bonchev–Trinajstić information content (AvgIpc) is 2.80. The highest BCUT2D eigenvalue weighted by Gasteiger charge is 2.29.